The smallest absolute Gasteiger partial charge is 0.288 e. The molecule has 40 heavy (non-hydrogen) atoms. The minimum atomic E-state index is -0.512. The average molecular weight is 545 g/mol. The van der Waals surface area contributed by atoms with Gasteiger partial charge in [-0.1, -0.05) is 48.9 Å². The molecule has 1 N–H and O–H groups in total. The molecule has 2 saturated heterocycles. The Morgan fingerprint density at radius 3 is 2.55 bits per heavy atom. The van der Waals surface area contributed by atoms with Crippen LogP contribution in [0.25, 0.3) is 11.1 Å². The highest BCUT2D eigenvalue weighted by Gasteiger charge is 2.40. The second-order valence-electron chi connectivity index (χ2n) is 11.9. The summed E-state index contributed by atoms with van der Waals surface area (Å²) in [6, 6.07) is 16.0. The van der Waals surface area contributed by atoms with E-state index in [1.165, 1.54) is 60.2 Å². The van der Waals surface area contributed by atoms with E-state index in [9.17, 15) is 9.90 Å². The van der Waals surface area contributed by atoms with Gasteiger partial charge in [-0.15, -0.1) is 0 Å². The Labute approximate surface area is 239 Å². The average Bonchev–Trinajstić information content (AvgIpc) is 3.38. The molecule has 0 radical (unpaired) electrons. The second kappa shape index (κ2) is 12.5. The molecule has 6 nitrogen and oxygen atoms in total. The maximum Gasteiger partial charge on any atom is 0.288 e. The molecular weight excluding hydrogens is 500 g/mol. The Morgan fingerprint density at radius 1 is 1.00 bits per heavy atom. The topological polar surface area (TPSA) is 62.2 Å². The molecule has 2 aromatic carbocycles. The maximum atomic E-state index is 13.8. The second-order valence-corrected chi connectivity index (χ2v) is 11.9. The van der Waals surface area contributed by atoms with Crippen LogP contribution in [0.2, 0.25) is 0 Å². The number of likely N-dealkylation sites (tertiary alicyclic amines) is 2. The molecule has 0 bridgehead atoms. The van der Waals surface area contributed by atoms with E-state index in [2.05, 4.69) is 53.4 Å². The van der Waals surface area contributed by atoms with Crippen molar-refractivity contribution in [3.8, 4) is 11.1 Å². The third-order valence-corrected chi connectivity index (χ3v) is 9.48. The number of benzene rings is 2. The van der Waals surface area contributed by atoms with Gasteiger partial charge in [0.1, 0.15) is 0 Å². The lowest BCUT2D eigenvalue weighted by Gasteiger charge is -2.41. The van der Waals surface area contributed by atoms with Crippen molar-refractivity contribution >= 4 is 5.91 Å². The molecule has 214 valence electrons. The van der Waals surface area contributed by atoms with Crippen LogP contribution in [-0.2, 0) is 20.7 Å². The Bertz CT molecular complexity index is 1210. The number of amides is 1. The van der Waals surface area contributed by atoms with Crippen molar-refractivity contribution in [2.24, 2.45) is 5.92 Å². The van der Waals surface area contributed by atoms with Crippen molar-refractivity contribution in [2.45, 2.75) is 76.5 Å². The number of aliphatic hydroxyl groups excluding tert-OH is 1. The molecule has 6 heteroatoms. The number of carbonyl (C=O) groups is 1. The van der Waals surface area contributed by atoms with Gasteiger partial charge in [-0.25, -0.2) is 0 Å². The zero-order valence-corrected chi connectivity index (χ0v) is 23.9. The largest absolute Gasteiger partial charge is 0.459 e. The number of carbonyl (C=O) groups excluding carboxylic acids is 1. The van der Waals surface area contributed by atoms with Gasteiger partial charge in [0.2, 0.25) is 6.29 Å². The number of hydrogen-bond donors (Lipinski definition) is 1. The lowest BCUT2D eigenvalue weighted by molar-refractivity contribution is -0.171. The van der Waals surface area contributed by atoms with Gasteiger partial charge in [0.15, 0.2) is 5.76 Å². The predicted octanol–water partition coefficient (Wildman–Crippen LogP) is 5.48. The standard InChI is InChI=1S/C34H44N2O4/c1-2-39-34-30(11-8-20-37)31(25-12-13-29-26(22-25)21-24-9-4-5-10-28(24)29)23-32(40-34)33(38)36-18-14-27(15-19-36)35-16-6-3-7-17-35/h4-5,9-10,12-13,22-23,27,30-31,34,37H,2-3,6-8,11,14-21H2,1H3/t30-,31-,34-/m1/s1. The van der Waals surface area contributed by atoms with Crippen LogP contribution in [0.5, 0.6) is 0 Å². The van der Waals surface area contributed by atoms with Crippen LogP contribution in [0.3, 0.4) is 0 Å². The predicted molar refractivity (Wildman–Crippen MR) is 157 cm³/mol. The number of allylic oxidation sites excluding steroid dienone is 1. The van der Waals surface area contributed by atoms with Gasteiger partial charge >= 0.3 is 0 Å². The lowest BCUT2D eigenvalue weighted by atomic mass is 9.79. The van der Waals surface area contributed by atoms with Gasteiger partial charge in [0.25, 0.3) is 5.91 Å². The highest BCUT2D eigenvalue weighted by molar-refractivity contribution is 5.92. The van der Waals surface area contributed by atoms with Crippen molar-refractivity contribution in [3.63, 3.8) is 0 Å². The molecule has 3 atom stereocenters. The van der Waals surface area contributed by atoms with Crippen molar-refractivity contribution in [1.82, 2.24) is 9.80 Å². The molecule has 1 amide bonds. The van der Waals surface area contributed by atoms with Gasteiger partial charge in [0, 0.05) is 44.2 Å². The Morgan fingerprint density at radius 2 is 1.77 bits per heavy atom. The first-order valence-corrected chi connectivity index (χ1v) is 15.5. The molecule has 0 aromatic heterocycles. The molecule has 2 fully saturated rings. The maximum absolute atomic E-state index is 13.8. The van der Waals surface area contributed by atoms with Gasteiger partial charge in [-0.05, 0) is 98.9 Å². The minimum Gasteiger partial charge on any atom is -0.459 e. The summed E-state index contributed by atoms with van der Waals surface area (Å²) >= 11 is 0. The molecule has 3 heterocycles. The molecule has 4 aliphatic rings. The summed E-state index contributed by atoms with van der Waals surface area (Å²) in [6.07, 6.45) is 9.91. The quantitative estimate of drug-likeness (QED) is 0.407. The molecule has 0 unspecified atom stereocenters. The summed E-state index contributed by atoms with van der Waals surface area (Å²) in [5, 5.41) is 9.66. The van der Waals surface area contributed by atoms with Gasteiger partial charge in [0.05, 0.1) is 0 Å². The molecule has 0 spiro atoms. The number of piperidine rings is 2. The zero-order chi connectivity index (χ0) is 27.5. The summed E-state index contributed by atoms with van der Waals surface area (Å²) in [6.45, 7) is 6.56. The first kappa shape index (κ1) is 27.5. The van der Waals surface area contributed by atoms with E-state index in [0.717, 1.165) is 38.8 Å². The number of nitrogens with zero attached hydrogens (tertiary/aromatic N) is 2. The van der Waals surface area contributed by atoms with E-state index in [-0.39, 0.29) is 24.3 Å². The number of hydrogen-bond acceptors (Lipinski definition) is 5. The van der Waals surface area contributed by atoms with E-state index in [1.54, 1.807) is 0 Å². The third kappa shape index (κ3) is 5.59. The number of rotatable bonds is 8. The van der Waals surface area contributed by atoms with Crippen molar-refractivity contribution in [2.75, 3.05) is 39.4 Å². The fourth-order valence-electron chi connectivity index (χ4n) is 7.38. The summed E-state index contributed by atoms with van der Waals surface area (Å²) in [5.74, 6) is 0.413. The normalized spacial score (nSPS) is 25.2. The zero-order valence-electron chi connectivity index (χ0n) is 23.9. The Hall–Kier alpha value is -2.67. The van der Waals surface area contributed by atoms with Gasteiger partial charge in [-0.2, -0.15) is 0 Å². The first-order valence-electron chi connectivity index (χ1n) is 15.5. The van der Waals surface area contributed by atoms with Crippen LogP contribution in [0.4, 0.5) is 0 Å². The summed E-state index contributed by atoms with van der Waals surface area (Å²) < 4.78 is 12.5. The van der Waals surface area contributed by atoms with Gasteiger partial charge in [-0.3, -0.25) is 4.79 Å². The third-order valence-electron chi connectivity index (χ3n) is 9.48. The lowest BCUT2D eigenvalue weighted by Crippen LogP contribution is -2.49. The minimum absolute atomic E-state index is 0.0130. The van der Waals surface area contributed by atoms with Crippen LogP contribution in [0.15, 0.2) is 54.3 Å². The SMILES string of the molecule is CCO[C@@H]1OC(C(=O)N2CCC(N3CCCCC3)CC2)=C[C@H](c2ccc3c(c2)Cc2ccccc2-3)[C@H]1CCCO. The van der Waals surface area contributed by atoms with E-state index < -0.39 is 6.29 Å². The fourth-order valence-corrected chi connectivity index (χ4v) is 7.38. The molecule has 3 aliphatic heterocycles. The molecule has 1 aliphatic carbocycles. The number of aliphatic hydroxyl groups is 1. The van der Waals surface area contributed by atoms with E-state index in [4.69, 9.17) is 9.47 Å². The Balaban J connectivity index is 1.25. The van der Waals surface area contributed by atoms with Gasteiger partial charge < -0.3 is 24.4 Å². The summed E-state index contributed by atoms with van der Waals surface area (Å²) in [7, 11) is 0. The van der Waals surface area contributed by atoms with Crippen LogP contribution < -0.4 is 0 Å². The molecule has 6 rings (SSSR count). The summed E-state index contributed by atoms with van der Waals surface area (Å²) in [5.41, 5.74) is 6.51. The van der Waals surface area contributed by atoms with Crippen LogP contribution in [-0.4, -0.2) is 72.5 Å². The van der Waals surface area contributed by atoms with Crippen LogP contribution >= 0.6 is 0 Å². The fraction of sp³-hybridized carbons (Fsp3) is 0.559. The van der Waals surface area contributed by atoms with Crippen molar-refractivity contribution in [1.29, 1.82) is 0 Å². The molecule has 0 saturated carbocycles. The van der Waals surface area contributed by atoms with Crippen LogP contribution in [0.1, 0.15) is 74.5 Å². The molecule has 2 aromatic rings. The van der Waals surface area contributed by atoms with E-state index >= 15 is 0 Å². The Kier molecular flexibility index (Phi) is 8.56. The van der Waals surface area contributed by atoms with Crippen molar-refractivity contribution < 1.29 is 19.4 Å². The molecular formula is C34H44N2O4. The first-order chi connectivity index (χ1) is 19.7. The number of fused-ring (bicyclic) bond motifs is 3. The van der Waals surface area contributed by atoms with E-state index in [1.807, 2.05) is 11.8 Å². The monoisotopic (exact) mass is 544 g/mol. The van der Waals surface area contributed by atoms with E-state index in [0.29, 0.717) is 24.8 Å². The van der Waals surface area contributed by atoms with Crippen LogP contribution in [0, 0.1) is 5.92 Å². The summed E-state index contributed by atoms with van der Waals surface area (Å²) in [4.78, 5) is 18.5. The highest BCUT2D eigenvalue weighted by Crippen LogP contribution is 2.43. The number of ether oxygens (including phenoxy) is 2. The highest BCUT2D eigenvalue weighted by atomic mass is 16.7. The van der Waals surface area contributed by atoms with Crippen molar-refractivity contribution in [3.05, 3.63) is 71.0 Å².